The third kappa shape index (κ3) is 3.68. The fourth-order valence-electron chi connectivity index (χ4n) is 1.58. The van der Waals surface area contributed by atoms with Crippen molar-refractivity contribution in [3.05, 3.63) is 46.0 Å². The Bertz CT molecular complexity index is 597. The SMILES string of the molecule is Cn1cc(CCNC(=O)c2nc(Cl)ccc2Cl)cn1. The van der Waals surface area contributed by atoms with Gasteiger partial charge in [0.1, 0.15) is 10.8 Å². The number of carbonyl (C=O) groups is 1. The number of halogens is 2. The number of amides is 1. The van der Waals surface area contributed by atoms with Crippen molar-refractivity contribution in [2.45, 2.75) is 6.42 Å². The topological polar surface area (TPSA) is 59.8 Å². The molecule has 100 valence electrons. The molecule has 0 aromatic carbocycles. The number of aryl methyl sites for hydroxylation is 1. The van der Waals surface area contributed by atoms with Gasteiger partial charge < -0.3 is 5.32 Å². The molecular weight excluding hydrogens is 287 g/mol. The third-order valence-corrected chi connectivity index (χ3v) is 3.00. The summed E-state index contributed by atoms with van der Waals surface area (Å²) in [5, 5.41) is 7.31. The van der Waals surface area contributed by atoms with Crippen LogP contribution >= 0.6 is 23.2 Å². The summed E-state index contributed by atoms with van der Waals surface area (Å²) in [7, 11) is 1.84. The minimum absolute atomic E-state index is 0.139. The number of carbonyl (C=O) groups excluding carboxylic acids is 1. The van der Waals surface area contributed by atoms with Gasteiger partial charge >= 0.3 is 0 Å². The molecule has 1 N–H and O–H groups in total. The standard InChI is InChI=1S/C12H12Cl2N4O/c1-18-7-8(6-16-18)4-5-15-12(19)11-9(13)2-3-10(14)17-11/h2-3,6-7H,4-5H2,1H3,(H,15,19). The number of nitrogens with zero attached hydrogens (tertiary/aromatic N) is 3. The van der Waals surface area contributed by atoms with E-state index in [0.717, 1.165) is 5.56 Å². The molecule has 0 unspecified atom stereocenters. The van der Waals surface area contributed by atoms with Crippen molar-refractivity contribution in [2.24, 2.45) is 7.05 Å². The monoisotopic (exact) mass is 298 g/mol. The highest BCUT2D eigenvalue weighted by atomic mass is 35.5. The molecule has 2 aromatic rings. The highest BCUT2D eigenvalue weighted by Crippen LogP contribution is 2.16. The average molecular weight is 299 g/mol. The maximum absolute atomic E-state index is 11.9. The molecule has 0 aliphatic heterocycles. The average Bonchev–Trinajstić information content (AvgIpc) is 2.78. The summed E-state index contributed by atoms with van der Waals surface area (Å²) in [5.74, 6) is -0.337. The fourth-order valence-corrected chi connectivity index (χ4v) is 1.92. The van der Waals surface area contributed by atoms with E-state index in [4.69, 9.17) is 23.2 Å². The van der Waals surface area contributed by atoms with Crippen LogP contribution in [0.1, 0.15) is 16.1 Å². The van der Waals surface area contributed by atoms with Crippen LogP contribution in [0.15, 0.2) is 24.5 Å². The molecule has 19 heavy (non-hydrogen) atoms. The number of rotatable bonds is 4. The Morgan fingerprint density at radius 3 is 2.89 bits per heavy atom. The molecule has 0 saturated heterocycles. The van der Waals surface area contributed by atoms with E-state index in [1.54, 1.807) is 16.9 Å². The molecule has 2 aromatic heterocycles. The predicted octanol–water partition coefficient (Wildman–Crippen LogP) is 2.09. The summed E-state index contributed by atoms with van der Waals surface area (Å²) in [4.78, 5) is 15.8. The van der Waals surface area contributed by atoms with Crippen molar-refractivity contribution in [3.8, 4) is 0 Å². The molecule has 7 heteroatoms. The van der Waals surface area contributed by atoms with E-state index in [-0.39, 0.29) is 21.8 Å². The van der Waals surface area contributed by atoms with E-state index in [0.29, 0.717) is 13.0 Å². The van der Waals surface area contributed by atoms with Gasteiger partial charge in [0.05, 0.1) is 11.2 Å². The van der Waals surface area contributed by atoms with Gasteiger partial charge in [-0.3, -0.25) is 9.48 Å². The summed E-state index contributed by atoms with van der Waals surface area (Å²) in [6.45, 7) is 0.481. The first-order valence-corrected chi connectivity index (χ1v) is 6.39. The van der Waals surface area contributed by atoms with E-state index in [1.165, 1.54) is 6.07 Å². The first-order valence-electron chi connectivity index (χ1n) is 5.64. The molecule has 0 radical (unpaired) electrons. The molecular formula is C12H12Cl2N4O. The van der Waals surface area contributed by atoms with Crippen LogP contribution in [0, 0.1) is 0 Å². The Morgan fingerprint density at radius 1 is 1.42 bits per heavy atom. The summed E-state index contributed by atoms with van der Waals surface area (Å²) < 4.78 is 1.71. The van der Waals surface area contributed by atoms with Gasteiger partial charge in [0, 0.05) is 19.8 Å². The van der Waals surface area contributed by atoms with Gasteiger partial charge in [-0.05, 0) is 24.1 Å². The van der Waals surface area contributed by atoms with Gasteiger partial charge in [0.2, 0.25) is 0 Å². The van der Waals surface area contributed by atoms with E-state index in [9.17, 15) is 4.79 Å². The van der Waals surface area contributed by atoms with Crippen molar-refractivity contribution in [2.75, 3.05) is 6.54 Å². The normalized spacial score (nSPS) is 10.5. The molecule has 0 bridgehead atoms. The van der Waals surface area contributed by atoms with Crippen LogP contribution in [0.5, 0.6) is 0 Å². The smallest absolute Gasteiger partial charge is 0.271 e. The summed E-state index contributed by atoms with van der Waals surface area (Å²) in [6.07, 6.45) is 4.35. The van der Waals surface area contributed by atoms with Gasteiger partial charge in [-0.1, -0.05) is 23.2 Å². The Morgan fingerprint density at radius 2 is 2.21 bits per heavy atom. The maximum atomic E-state index is 11.9. The zero-order chi connectivity index (χ0) is 13.8. The molecule has 0 aliphatic carbocycles. The van der Waals surface area contributed by atoms with E-state index in [1.807, 2.05) is 13.2 Å². The highest BCUT2D eigenvalue weighted by molar-refractivity contribution is 6.34. The van der Waals surface area contributed by atoms with Crippen molar-refractivity contribution >= 4 is 29.1 Å². The maximum Gasteiger partial charge on any atom is 0.271 e. The largest absolute Gasteiger partial charge is 0.350 e. The molecule has 0 spiro atoms. The van der Waals surface area contributed by atoms with Gasteiger partial charge in [0.25, 0.3) is 5.91 Å². The third-order valence-electron chi connectivity index (χ3n) is 2.48. The minimum Gasteiger partial charge on any atom is -0.350 e. The molecule has 2 heterocycles. The first kappa shape index (κ1) is 13.8. The lowest BCUT2D eigenvalue weighted by Crippen LogP contribution is -2.26. The highest BCUT2D eigenvalue weighted by Gasteiger charge is 2.12. The number of pyridine rings is 1. The number of nitrogens with one attached hydrogen (secondary N) is 1. The Balaban J connectivity index is 1.92. The van der Waals surface area contributed by atoms with Crippen molar-refractivity contribution in [1.29, 1.82) is 0 Å². The molecule has 2 rings (SSSR count). The van der Waals surface area contributed by atoms with Crippen LogP contribution in [0.3, 0.4) is 0 Å². The van der Waals surface area contributed by atoms with E-state index < -0.39 is 0 Å². The molecule has 1 amide bonds. The fraction of sp³-hybridized carbons (Fsp3) is 0.250. The summed E-state index contributed by atoms with van der Waals surface area (Å²) in [5.41, 5.74) is 1.19. The second kappa shape index (κ2) is 6.04. The van der Waals surface area contributed by atoms with Crippen molar-refractivity contribution in [1.82, 2.24) is 20.1 Å². The Labute approximate surface area is 120 Å². The molecule has 0 aliphatic rings. The minimum atomic E-state index is -0.337. The van der Waals surface area contributed by atoms with E-state index in [2.05, 4.69) is 15.4 Å². The molecule has 0 saturated carbocycles. The Kier molecular flexibility index (Phi) is 4.39. The van der Waals surface area contributed by atoms with Gasteiger partial charge in [-0.25, -0.2) is 4.98 Å². The van der Waals surface area contributed by atoms with Crippen LogP contribution in [0.4, 0.5) is 0 Å². The van der Waals surface area contributed by atoms with Gasteiger partial charge in [-0.2, -0.15) is 5.10 Å². The van der Waals surface area contributed by atoms with Crippen LogP contribution in [-0.2, 0) is 13.5 Å². The lowest BCUT2D eigenvalue weighted by atomic mass is 10.2. The van der Waals surface area contributed by atoms with Gasteiger partial charge in [0.15, 0.2) is 0 Å². The lowest BCUT2D eigenvalue weighted by Gasteiger charge is -2.05. The summed E-state index contributed by atoms with van der Waals surface area (Å²) in [6, 6.07) is 3.09. The summed E-state index contributed by atoms with van der Waals surface area (Å²) >= 11 is 11.6. The molecule has 5 nitrogen and oxygen atoms in total. The predicted molar refractivity (Wildman–Crippen MR) is 73.5 cm³/mol. The first-order chi connectivity index (χ1) is 9.06. The van der Waals surface area contributed by atoms with Crippen molar-refractivity contribution in [3.63, 3.8) is 0 Å². The second-order valence-corrected chi connectivity index (χ2v) is 4.79. The van der Waals surface area contributed by atoms with Crippen molar-refractivity contribution < 1.29 is 4.79 Å². The zero-order valence-corrected chi connectivity index (χ0v) is 11.7. The molecule has 0 fully saturated rings. The second-order valence-electron chi connectivity index (χ2n) is 3.99. The van der Waals surface area contributed by atoms with Crippen LogP contribution in [0.25, 0.3) is 0 Å². The van der Waals surface area contributed by atoms with Crippen LogP contribution in [-0.4, -0.2) is 27.2 Å². The number of hydrogen-bond acceptors (Lipinski definition) is 3. The van der Waals surface area contributed by atoms with Crippen LogP contribution < -0.4 is 5.32 Å². The quantitative estimate of drug-likeness (QED) is 0.879. The van der Waals surface area contributed by atoms with E-state index >= 15 is 0 Å². The van der Waals surface area contributed by atoms with Crippen LogP contribution in [0.2, 0.25) is 10.2 Å². The lowest BCUT2D eigenvalue weighted by molar-refractivity contribution is 0.0949. The number of aromatic nitrogens is 3. The molecule has 0 atom stereocenters. The number of hydrogen-bond donors (Lipinski definition) is 1. The van der Waals surface area contributed by atoms with Gasteiger partial charge in [-0.15, -0.1) is 0 Å². The Hall–Kier alpha value is -1.59. The zero-order valence-electron chi connectivity index (χ0n) is 10.2.